The molecule has 0 aromatic rings. The molecule has 0 aromatic carbocycles. The highest BCUT2D eigenvalue weighted by atomic mass is 16.5. The van der Waals surface area contributed by atoms with E-state index in [2.05, 4.69) is 4.90 Å². The van der Waals surface area contributed by atoms with Crippen molar-refractivity contribution in [1.29, 1.82) is 0 Å². The molecule has 0 bridgehead atoms. The lowest BCUT2D eigenvalue weighted by Crippen LogP contribution is -2.41. The standard InChI is InChI=1S/C10H17NO3/c1-10(13)6-11-5-3-4-7(11)8(10)9(12)14-2/h7-8,13H,3-6H2,1-2H3/t7-,8-,10-/m0/s1. The molecule has 0 aliphatic carbocycles. The van der Waals surface area contributed by atoms with Crippen molar-refractivity contribution in [3.8, 4) is 0 Å². The third kappa shape index (κ3) is 1.33. The van der Waals surface area contributed by atoms with Crippen LogP contribution in [0.1, 0.15) is 19.8 Å². The summed E-state index contributed by atoms with van der Waals surface area (Å²) in [4.78, 5) is 13.8. The van der Waals surface area contributed by atoms with Gasteiger partial charge in [0.15, 0.2) is 0 Å². The van der Waals surface area contributed by atoms with Crippen molar-refractivity contribution in [1.82, 2.24) is 4.90 Å². The maximum absolute atomic E-state index is 11.6. The van der Waals surface area contributed by atoms with Gasteiger partial charge in [-0.3, -0.25) is 9.69 Å². The Balaban J connectivity index is 2.22. The fourth-order valence-corrected chi connectivity index (χ4v) is 2.89. The first-order valence-electron chi connectivity index (χ1n) is 5.10. The molecule has 2 aliphatic heterocycles. The zero-order chi connectivity index (χ0) is 10.3. The summed E-state index contributed by atoms with van der Waals surface area (Å²) in [5.74, 6) is -0.639. The average Bonchev–Trinajstić information content (AvgIpc) is 2.59. The predicted octanol–water partition coefficient (Wildman–Crippen LogP) is 0.00460. The number of carbonyl (C=O) groups excluding carboxylic acids is 1. The minimum absolute atomic E-state index is 0.192. The Bertz CT molecular complexity index is 252. The van der Waals surface area contributed by atoms with Crippen molar-refractivity contribution >= 4 is 5.97 Å². The first-order chi connectivity index (χ1) is 6.56. The summed E-state index contributed by atoms with van der Waals surface area (Å²) in [5.41, 5.74) is -0.918. The predicted molar refractivity (Wildman–Crippen MR) is 50.7 cm³/mol. The summed E-state index contributed by atoms with van der Waals surface area (Å²) in [6.45, 7) is 3.32. The number of aliphatic hydroxyl groups is 1. The molecule has 80 valence electrons. The lowest BCUT2D eigenvalue weighted by Gasteiger charge is -2.24. The molecule has 0 spiro atoms. The number of esters is 1. The summed E-state index contributed by atoms with van der Waals surface area (Å²) in [7, 11) is 1.38. The number of ether oxygens (including phenoxy) is 1. The van der Waals surface area contributed by atoms with Gasteiger partial charge < -0.3 is 9.84 Å². The Morgan fingerprint density at radius 1 is 1.64 bits per heavy atom. The van der Waals surface area contributed by atoms with E-state index in [-0.39, 0.29) is 17.9 Å². The molecule has 0 saturated carbocycles. The molecule has 2 fully saturated rings. The fourth-order valence-electron chi connectivity index (χ4n) is 2.89. The van der Waals surface area contributed by atoms with E-state index in [1.807, 2.05) is 0 Å². The molecule has 4 nitrogen and oxygen atoms in total. The van der Waals surface area contributed by atoms with Gasteiger partial charge in [-0.25, -0.2) is 0 Å². The van der Waals surface area contributed by atoms with Crippen LogP contribution in [0.15, 0.2) is 0 Å². The van der Waals surface area contributed by atoms with Gasteiger partial charge in [-0.15, -0.1) is 0 Å². The van der Waals surface area contributed by atoms with Gasteiger partial charge in [-0.05, 0) is 26.3 Å². The van der Waals surface area contributed by atoms with Crippen LogP contribution >= 0.6 is 0 Å². The van der Waals surface area contributed by atoms with E-state index in [9.17, 15) is 9.90 Å². The number of carbonyl (C=O) groups is 1. The fraction of sp³-hybridized carbons (Fsp3) is 0.900. The molecule has 0 radical (unpaired) electrons. The zero-order valence-corrected chi connectivity index (χ0v) is 8.69. The Labute approximate surface area is 83.8 Å². The monoisotopic (exact) mass is 199 g/mol. The number of fused-ring (bicyclic) bond motifs is 1. The van der Waals surface area contributed by atoms with E-state index in [4.69, 9.17) is 4.74 Å². The number of nitrogens with zero attached hydrogens (tertiary/aromatic N) is 1. The third-order valence-electron chi connectivity index (χ3n) is 3.45. The summed E-state index contributed by atoms with van der Waals surface area (Å²) in [6, 6.07) is 0.192. The van der Waals surface area contributed by atoms with Crippen LogP contribution in [0.2, 0.25) is 0 Å². The van der Waals surface area contributed by atoms with E-state index in [0.29, 0.717) is 6.54 Å². The first-order valence-corrected chi connectivity index (χ1v) is 5.10. The van der Waals surface area contributed by atoms with Crippen LogP contribution in [0.5, 0.6) is 0 Å². The van der Waals surface area contributed by atoms with E-state index in [1.54, 1.807) is 6.92 Å². The maximum atomic E-state index is 11.6. The molecule has 0 unspecified atom stereocenters. The topological polar surface area (TPSA) is 49.8 Å². The highest BCUT2D eigenvalue weighted by Crippen LogP contribution is 2.39. The van der Waals surface area contributed by atoms with Gasteiger partial charge in [0.1, 0.15) is 5.92 Å². The highest BCUT2D eigenvalue weighted by molar-refractivity contribution is 5.75. The molecule has 2 saturated heterocycles. The maximum Gasteiger partial charge on any atom is 0.313 e. The summed E-state index contributed by atoms with van der Waals surface area (Å²) < 4.78 is 4.75. The Kier molecular flexibility index (Phi) is 2.27. The molecule has 1 N–H and O–H groups in total. The van der Waals surface area contributed by atoms with Crippen LogP contribution in [0.25, 0.3) is 0 Å². The van der Waals surface area contributed by atoms with Crippen LogP contribution in [0.3, 0.4) is 0 Å². The van der Waals surface area contributed by atoms with Gasteiger partial charge in [0.2, 0.25) is 0 Å². The van der Waals surface area contributed by atoms with Crippen molar-refractivity contribution in [3.63, 3.8) is 0 Å². The van der Waals surface area contributed by atoms with Crippen molar-refractivity contribution in [2.45, 2.75) is 31.4 Å². The van der Waals surface area contributed by atoms with Gasteiger partial charge in [0, 0.05) is 12.6 Å². The molecular weight excluding hydrogens is 182 g/mol. The molecule has 4 heteroatoms. The zero-order valence-electron chi connectivity index (χ0n) is 8.69. The summed E-state index contributed by atoms with van der Waals surface area (Å²) >= 11 is 0. The average molecular weight is 199 g/mol. The third-order valence-corrected chi connectivity index (χ3v) is 3.45. The van der Waals surface area contributed by atoms with Crippen LogP contribution in [0.4, 0.5) is 0 Å². The minimum atomic E-state index is -0.918. The molecule has 3 atom stereocenters. The molecule has 14 heavy (non-hydrogen) atoms. The lowest BCUT2D eigenvalue weighted by molar-refractivity contribution is -0.152. The van der Waals surface area contributed by atoms with Gasteiger partial charge in [0.05, 0.1) is 12.7 Å². The number of methoxy groups -OCH3 is 1. The lowest BCUT2D eigenvalue weighted by atomic mass is 9.86. The van der Waals surface area contributed by atoms with Gasteiger partial charge >= 0.3 is 5.97 Å². The van der Waals surface area contributed by atoms with Crippen molar-refractivity contribution in [2.24, 2.45) is 5.92 Å². The van der Waals surface area contributed by atoms with Gasteiger partial charge in [0.25, 0.3) is 0 Å². The molecule has 2 rings (SSSR count). The normalized spacial score (nSPS) is 42.5. The Hall–Kier alpha value is -0.610. The van der Waals surface area contributed by atoms with E-state index < -0.39 is 5.60 Å². The van der Waals surface area contributed by atoms with Crippen LogP contribution in [0, 0.1) is 5.92 Å². The largest absolute Gasteiger partial charge is 0.469 e. The second kappa shape index (κ2) is 3.21. The van der Waals surface area contributed by atoms with Crippen LogP contribution in [-0.2, 0) is 9.53 Å². The molecular formula is C10H17NO3. The molecule has 0 amide bonds. The Morgan fingerprint density at radius 2 is 2.36 bits per heavy atom. The second-order valence-corrected chi connectivity index (χ2v) is 4.54. The molecule has 0 aromatic heterocycles. The van der Waals surface area contributed by atoms with Crippen molar-refractivity contribution in [2.75, 3.05) is 20.2 Å². The van der Waals surface area contributed by atoms with E-state index in [0.717, 1.165) is 19.4 Å². The summed E-state index contributed by atoms with van der Waals surface area (Å²) in [6.07, 6.45) is 2.12. The van der Waals surface area contributed by atoms with Crippen molar-refractivity contribution < 1.29 is 14.6 Å². The molecule has 2 aliphatic rings. The van der Waals surface area contributed by atoms with E-state index >= 15 is 0 Å². The number of hydrogen-bond acceptors (Lipinski definition) is 4. The summed E-state index contributed by atoms with van der Waals surface area (Å²) in [5, 5.41) is 10.1. The smallest absolute Gasteiger partial charge is 0.313 e. The Morgan fingerprint density at radius 3 is 3.00 bits per heavy atom. The van der Waals surface area contributed by atoms with Gasteiger partial charge in [-0.1, -0.05) is 0 Å². The SMILES string of the molecule is COC(=O)[C@@H]1[C@@H]2CCCN2C[C@]1(C)O. The quantitative estimate of drug-likeness (QED) is 0.604. The van der Waals surface area contributed by atoms with Crippen molar-refractivity contribution in [3.05, 3.63) is 0 Å². The number of rotatable bonds is 1. The second-order valence-electron chi connectivity index (χ2n) is 4.54. The van der Waals surface area contributed by atoms with Crippen LogP contribution in [-0.4, -0.2) is 47.8 Å². The van der Waals surface area contributed by atoms with Crippen LogP contribution < -0.4 is 0 Å². The van der Waals surface area contributed by atoms with E-state index in [1.165, 1.54) is 7.11 Å². The highest BCUT2D eigenvalue weighted by Gasteiger charge is 2.54. The number of hydrogen-bond donors (Lipinski definition) is 1. The first kappa shape index (κ1) is 9.93. The molecule has 2 heterocycles. The van der Waals surface area contributed by atoms with Gasteiger partial charge in [-0.2, -0.15) is 0 Å². The minimum Gasteiger partial charge on any atom is -0.469 e.